The van der Waals surface area contributed by atoms with Crippen LogP contribution in [0.2, 0.25) is 0 Å². The van der Waals surface area contributed by atoms with Gasteiger partial charge in [0.15, 0.2) is 6.10 Å². The van der Waals surface area contributed by atoms with E-state index in [4.69, 9.17) is 14.2 Å². The van der Waals surface area contributed by atoms with E-state index < -0.39 is 6.10 Å². The van der Waals surface area contributed by atoms with Crippen LogP contribution in [-0.4, -0.2) is 37.2 Å². The molecule has 6 nitrogen and oxygen atoms in total. The number of rotatable bonds is 48. The highest BCUT2D eigenvalue weighted by Gasteiger charge is 2.19. The second-order valence-electron chi connectivity index (χ2n) is 17.7. The molecule has 0 saturated carbocycles. The molecule has 0 fully saturated rings. The van der Waals surface area contributed by atoms with Crippen molar-refractivity contribution in [1.82, 2.24) is 0 Å². The number of hydrogen-bond donors (Lipinski definition) is 0. The van der Waals surface area contributed by atoms with Crippen LogP contribution >= 0.6 is 0 Å². The third-order valence-electron chi connectivity index (χ3n) is 11.2. The Bertz CT molecular complexity index is 1450. The van der Waals surface area contributed by atoms with Crippen molar-refractivity contribution in [1.29, 1.82) is 0 Å². The van der Waals surface area contributed by atoms with Crippen LogP contribution in [0, 0.1) is 0 Å². The lowest BCUT2D eigenvalue weighted by Crippen LogP contribution is -2.30. The van der Waals surface area contributed by atoms with Crippen LogP contribution < -0.4 is 0 Å². The maximum atomic E-state index is 12.8. The highest BCUT2D eigenvalue weighted by Crippen LogP contribution is 2.13. The highest BCUT2D eigenvalue weighted by atomic mass is 16.6. The fraction of sp³-hybridized carbons (Fsp3) is 0.629. The third-order valence-corrected chi connectivity index (χ3v) is 11.2. The largest absolute Gasteiger partial charge is 0.462 e. The number of esters is 3. The lowest BCUT2D eigenvalue weighted by atomic mass is 10.1. The molecule has 0 radical (unpaired) electrons. The van der Waals surface area contributed by atoms with Gasteiger partial charge in [0, 0.05) is 19.3 Å². The van der Waals surface area contributed by atoms with E-state index >= 15 is 0 Å². The molecule has 0 spiro atoms. The number of hydrogen-bond acceptors (Lipinski definition) is 6. The molecule has 1 atom stereocenters. The Balaban J connectivity index is 4.24. The summed E-state index contributed by atoms with van der Waals surface area (Å²) in [7, 11) is 0. The lowest BCUT2D eigenvalue weighted by molar-refractivity contribution is -0.167. The minimum Gasteiger partial charge on any atom is -0.462 e. The van der Waals surface area contributed by atoms with Crippen molar-refractivity contribution < 1.29 is 28.6 Å². The third kappa shape index (κ3) is 52.8. The molecule has 0 aliphatic heterocycles. The molecule has 0 aromatic heterocycles. The van der Waals surface area contributed by atoms with Gasteiger partial charge in [0.25, 0.3) is 0 Å². The number of unbranched alkanes of at least 4 members (excludes halogenated alkanes) is 17. The van der Waals surface area contributed by atoms with Crippen molar-refractivity contribution in [3.63, 3.8) is 0 Å². The van der Waals surface area contributed by atoms with Gasteiger partial charge in [-0.3, -0.25) is 14.4 Å². The van der Waals surface area contributed by atoms with Gasteiger partial charge in [-0.25, -0.2) is 0 Å². The van der Waals surface area contributed by atoms with Crippen molar-refractivity contribution in [2.45, 2.75) is 239 Å². The van der Waals surface area contributed by atoms with E-state index in [9.17, 15) is 14.4 Å². The standard InChI is InChI=1S/C62H100O6/c1-4-7-10-13-16-19-21-23-24-25-26-27-28-29-30-31-32-33-34-35-36-37-38-40-41-43-46-49-52-55-61(64)67-58-59(57-66-60(63)54-51-48-45-18-15-12-9-6-3)68-62(65)56-53-50-47-44-42-39-22-20-17-14-11-8-5-2/h7-8,10-11,16-17,19-20,23-24,26-27,29-30,32-33,35-36,39,42,59H,4-6,9,12-15,18,21-22,25,28,31,34,37-38,40-41,43-58H2,1-3H3/b10-7-,11-8-,19-16-,20-17-,24-23-,27-26-,30-29-,33-32-,36-35-,42-39-. The van der Waals surface area contributed by atoms with Gasteiger partial charge in [0.2, 0.25) is 0 Å². The molecule has 0 aliphatic rings. The van der Waals surface area contributed by atoms with Gasteiger partial charge in [-0.15, -0.1) is 0 Å². The summed E-state index contributed by atoms with van der Waals surface area (Å²) in [6.07, 6.45) is 76.4. The van der Waals surface area contributed by atoms with E-state index in [1.807, 2.05) is 0 Å². The second-order valence-corrected chi connectivity index (χ2v) is 17.7. The molecule has 68 heavy (non-hydrogen) atoms. The zero-order chi connectivity index (χ0) is 49.3. The molecule has 0 aliphatic carbocycles. The number of allylic oxidation sites excluding steroid dienone is 20. The van der Waals surface area contributed by atoms with Gasteiger partial charge < -0.3 is 14.2 Å². The van der Waals surface area contributed by atoms with Gasteiger partial charge in [-0.05, 0) is 109 Å². The molecule has 0 bridgehead atoms. The number of carbonyl (C=O) groups is 3. The van der Waals surface area contributed by atoms with Crippen LogP contribution in [0.25, 0.3) is 0 Å². The van der Waals surface area contributed by atoms with Gasteiger partial charge in [0.1, 0.15) is 13.2 Å². The minimum absolute atomic E-state index is 0.0950. The highest BCUT2D eigenvalue weighted by molar-refractivity contribution is 5.71. The first-order valence-corrected chi connectivity index (χ1v) is 27.5. The maximum absolute atomic E-state index is 12.8. The van der Waals surface area contributed by atoms with E-state index in [2.05, 4.69) is 142 Å². The van der Waals surface area contributed by atoms with Crippen LogP contribution in [0.1, 0.15) is 233 Å². The minimum atomic E-state index is -0.797. The predicted octanol–water partition coefficient (Wildman–Crippen LogP) is 18.5. The smallest absolute Gasteiger partial charge is 0.306 e. The molecule has 0 amide bonds. The molecule has 0 saturated heterocycles. The second kappa shape index (κ2) is 55.4. The molecular weight excluding hydrogens is 841 g/mol. The maximum Gasteiger partial charge on any atom is 0.306 e. The first-order valence-electron chi connectivity index (χ1n) is 27.5. The molecule has 0 rings (SSSR count). The lowest BCUT2D eigenvalue weighted by Gasteiger charge is -2.18. The van der Waals surface area contributed by atoms with E-state index in [0.29, 0.717) is 12.8 Å². The Kier molecular flexibility index (Phi) is 52.0. The summed E-state index contributed by atoms with van der Waals surface area (Å²) in [6, 6.07) is 0. The molecule has 0 aromatic rings. The number of carbonyl (C=O) groups excluding carboxylic acids is 3. The molecule has 1 unspecified atom stereocenters. The summed E-state index contributed by atoms with van der Waals surface area (Å²) in [4.78, 5) is 37.9. The monoisotopic (exact) mass is 941 g/mol. The summed E-state index contributed by atoms with van der Waals surface area (Å²) in [5.41, 5.74) is 0. The van der Waals surface area contributed by atoms with Crippen LogP contribution in [-0.2, 0) is 28.6 Å². The van der Waals surface area contributed by atoms with Gasteiger partial charge >= 0.3 is 17.9 Å². The molecule has 0 aromatic carbocycles. The van der Waals surface area contributed by atoms with E-state index in [1.165, 1.54) is 57.8 Å². The average molecular weight is 941 g/mol. The normalized spacial score (nSPS) is 13.0. The van der Waals surface area contributed by atoms with Gasteiger partial charge in [-0.1, -0.05) is 226 Å². The van der Waals surface area contributed by atoms with Crippen molar-refractivity contribution in [3.8, 4) is 0 Å². The van der Waals surface area contributed by atoms with Crippen molar-refractivity contribution in [2.75, 3.05) is 13.2 Å². The van der Waals surface area contributed by atoms with Crippen LogP contribution in [0.4, 0.5) is 0 Å². The summed E-state index contributed by atoms with van der Waals surface area (Å²) >= 11 is 0. The molecule has 0 N–H and O–H groups in total. The van der Waals surface area contributed by atoms with Gasteiger partial charge in [0.05, 0.1) is 0 Å². The zero-order valence-electron chi connectivity index (χ0n) is 43.8. The molecule has 0 heterocycles. The zero-order valence-corrected chi connectivity index (χ0v) is 43.8. The Morgan fingerprint density at radius 1 is 0.309 bits per heavy atom. The summed E-state index contributed by atoms with van der Waals surface area (Å²) < 4.78 is 16.7. The quantitative estimate of drug-likeness (QED) is 0.0262. The summed E-state index contributed by atoms with van der Waals surface area (Å²) in [6.45, 7) is 6.33. The van der Waals surface area contributed by atoms with E-state index in [0.717, 1.165) is 135 Å². The Hall–Kier alpha value is -4.19. The first-order chi connectivity index (χ1) is 33.5. The fourth-order valence-electron chi connectivity index (χ4n) is 7.14. The van der Waals surface area contributed by atoms with Crippen molar-refractivity contribution in [3.05, 3.63) is 122 Å². The van der Waals surface area contributed by atoms with Crippen LogP contribution in [0.3, 0.4) is 0 Å². The topological polar surface area (TPSA) is 78.9 Å². The summed E-state index contributed by atoms with van der Waals surface area (Å²) in [5, 5.41) is 0. The van der Waals surface area contributed by atoms with Gasteiger partial charge in [-0.2, -0.15) is 0 Å². The van der Waals surface area contributed by atoms with Crippen molar-refractivity contribution in [2.24, 2.45) is 0 Å². The fourth-order valence-corrected chi connectivity index (χ4v) is 7.14. The Morgan fingerprint density at radius 3 is 0.912 bits per heavy atom. The average Bonchev–Trinajstić information content (AvgIpc) is 3.34. The van der Waals surface area contributed by atoms with Crippen LogP contribution in [0.15, 0.2) is 122 Å². The van der Waals surface area contributed by atoms with Crippen molar-refractivity contribution >= 4 is 17.9 Å². The molecular formula is C62H100O6. The SMILES string of the molecule is CC/C=C\C/C=C\C/C=C\C/C=C\C/C=C\C/C=C\C/C=C\CCCCCCCCCC(=O)OCC(COC(=O)CCCCCCCCCC)OC(=O)CCCCC/C=C\C/C=C\C/C=C\CC. The Morgan fingerprint density at radius 2 is 0.574 bits per heavy atom. The number of ether oxygens (including phenoxy) is 3. The summed E-state index contributed by atoms with van der Waals surface area (Å²) in [5.74, 6) is -0.947. The predicted molar refractivity (Wildman–Crippen MR) is 293 cm³/mol. The van der Waals surface area contributed by atoms with Crippen LogP contribution in [0.5, 0.6) is 0 Å². The Labute approximate surface area is 418 Å². The van der Waals surface area contributed by atoms with E-state index in [-0.39, 0.29) is 37.5 Å². The first kappa shape index (κ1) is 63.8. The molecule has 384 valence electrons. The molecule has 6 heteroatoms. The van der Waals surface area contributed by atoms with E-state index in [1.54, 1.807) is 0 Å².